The zero-order valence-electron chi connectivity index (χ0n) is 13.3. The Kier molecular flexibility index (Phi) is 3.33. The van der Waals surface area contributed by atoms with Crippen LogP contribution in [0, 0.1) is 0 Å². The number of aromatic nitrogens is 5. The van der Waals surface area contributed by atoms with Crippen LogP contribution in [0.1, 0.15) is 24.4 Å². The lowest BCUT2D eigenvalue weighted by Gasteiger charge is -2.12. The third-order valence-electron chi connectivity index (χ3n) is 4.03. The second-order valence-corrected chi connectivity index (χ2v) is 6.05. The second-order valence-electron chi connectivity index (χ2n) is 6.05. The van der Waals surface area contributed by atoms with Crippen molar-refractivity contribution >= 4 is 22.8 Å². The molecule has 3 aromatic rings. The fourth-order valence-electron chi connectivity index (χ4n) is 2.60. The lowest BCUT2D eigenvalue weighted by Crippen LogP contribution is -2.11. The summed E-state index contributed by atoms with van der Waals surface area (Å²) in [5, 5.41) is 3.37. The van der Waals surface area contributed by atoms with Crippen LogP contribution < -0.4 is 10.2 Å². The maximum atomic E-state index is 4.49. The molecule has 7 nitrogen and oxygen atoms in total. The quantitative estimate of drug-likeness (QED) is 0.779. The molecule has 7 heteroatoms. The molecule has 1 saturated carbocycles. The molecule has 1 N–H and O–H groups in total. The minimum absolute atomic E-state index is 0.561. The molecule has 118 valence electrons. The Morgan fingerprint density at radius 2 is 2.09 bits per heavy atom. The Bertz CT molecular complexity index is 835. The van der Waals surface area contributed by atoms with Crippen LogP contribution in [0.5, 0.6) is 0 Å². The van der Waals surface area contributed by atoms with Gasteiger partial charge in [0.05, 0.1) is 6.33 Å². The standard InChI is InChI=1S/C16H19N7/c1-22(2)13-7-11(5-6-17-13)8-18-15-14-16(20-9-19-15)23(10-21-14)12-3-4-12/h5-7,9-10,12H,3-4,8H2,1-2H3,(H,18,19,20). The van der Waals surface area contributed by atoms with E-state index in [1.807, 2.05) is 37.6 Å². The summed E-state index contributed by atoms with van der Waals surface area (Å²) >= 11 is 0. The molecule has 23 heavy (non-hydrogen) atoms. The molecule has 0 saturated heterocycles. The number of fused-ring (bicyclic) bond motifs is 1. The van der Waals surface area contributed by atoms with Crippen LogP contribution in [-0.2, 0) is 6.54 Å². The zero-order chi connectivity index (χ0) is 15.8. The van der Waals surface area contributed by atoms with E-state index >= 15 is 0 Å². The van der Waals surface area contributed by atoms with Gasteiger partial charge in [0.2, 0.25) is 0 Å². The van der Waals surface area contributed by atoms with Crippen molar-refractivity contribution in [1.82, 2.24) is 24.5 Å². The van der Waals surface area contributed by atoms with Crippen molar-refractivity contribution in [1.29, 1.82) is 0 Å². The summed E-state index contributed by atoms with van der Waals surface area (Å²) in [6.07, 6.45) is 7.72. The normalized spacial score (nSPS) is 14.2. The van der Waals surface area contributed by atoms with Crippen LogP contribution >= 0.6 is 0 Å². The van der Waals surface area contributed by atoms with Crippen LogP contribution in [-0.4, -0.2) is 38.6 Å². The highest BCUT2D eigenvalue weighted by Gasteiger charge is 2.26. The van der Waals surface area contributed by atoms with Crippen molar-refractivity contribution in [3.8, 4) is 0 Å². The zero-order valence-corrected chi connectivity index (χ0v) is 13.3. The molecule has 3 aromatic heterocycles. The fraction of sp³-hybridized carbons (Fsp3) is 0.375. The van der Waals surface area contributed by atoms with Crippen molar-refractivity contribution in [3.63, 3.8) is 0 Å². The van der Waals surface area contributed by atoms with Gasteiger partial charge in [-0.2, -0.15) is 0 Å². The summed E-state index contributed by atoms with van der Waals surface area (Å²) in [5.41, 5.74) is 2.90. The first-order valence-electron chi connectivity index (χ1n) is 7.76. The number of imidazole rings is 1. The highest BCUT2D eigenvalue weighted by atomic mass is 15.2. The topological polar surface area (TPSA) is 71.8 Å². The van der Waals surface area contributed by atoms with E-state index in [9.17, 15) is 0 Å². The molecule has 0 atom stereocenters. The number of hydrogen-bond donors (Lipinski definition) is 1. The smallest absolute Gasteiger partial charge is 0.165 e. The van der Waals surface area contributed by atoms with E-state index in [2.05, 4.69) is 35.9 Å². The van der Waals surface area contributed by atoms with Gasteiger partial charge in [-0.25, -0.2) is 19.9 Å². The Labute approximate surface area is 134 Å². The summed E-state index contributed by atoms with van der Waals surface area (Å²) in [6, 6.07) is 4.63. The van der Waals surface area contributed by atoms with Gasteiger partial charge < -0.3 is 14.8 Å². The van der Waals surface area contributed by atoms with Crippen molar-refractivity contribution in [2.75, 3.05) is 24.3 Å². The molecule has 1 fully saturated rings. The molecule has 0 radical (unpaired) electrons. The Hall–Kier alpha value is -2.70. The average molecular weight is 309 g/mol. The van der Waals surface area contributed by atoms with Crippen LogP contribution in [0.3, 0.4) is 0 Å². The molecular formula is C16H19N7. The van der Waals surface area contributed by atoms with Gasteiger partial charge in [0.1, 0.15) is 17.7 Å². The van der Waals surface area contributed by atoms with Gasteiger partial charge in [-0.05, 0) is 30.5 Å². The summed E-state index contributed by atoms with van der Waals surface area (Å²) < 4.78 is 2.15. The fourth-order valence-corrected chi connectivity index (χ4v) is 2.60. The molecule has 1 aliphatic rings. The van der Waals surface area contributed by atoms with Gasteiger partial charge in [0, 0.05) is 32.9 Å². The van der Waals surface area contributed by atoms with Crippen LogP contribution in [0.15, 0.2) is 31.0 Å². The van der Waals surface area contributed by atoms with Crippen molar-refractivity contribution in [2.45, 2.75) is 25.4 Å². The number of nitrogens with zero attached hydrogens (tertiary/aromatic N) is 6. The van der Waals surface area contributed by atoms with E-state index in [4.69, 9.17) is 0 Å². The highest BCUT2D eigenvalue weighted by molar-refractivity contribution is 5.82. The SMILES string of the molecule is CN(C)c1cc(CNc2ncnc3c2ncn3C2CC2)ccn1. The molecule has 0 bridgehead atoms. The van der Waals surface area contributed by atoms with E-state index in [-0.39, 0.29) is 0 Å². The number of anilines is 2. The summed E-state index contributed by atoms with van der Waals surface area (Å²) in [5.74, 6) is 1.72. The first-order chi connectivity index (χ1) is 11.2. The number of hydrogen-bond acceptors (Lipinski definition) is 6. The monoisotopic (exact) mass is 309 g/mol. The molecule has 0 aliphatic heterocycles. The third kappa shape index (κ3) is 2.69. The Morgan fingerprint density at radius 3 is 2.87 bits per heavy atom. The Balaban J connectivity index is 1.57. The second kappa shape index (κ2) is 5.49. The summed E-state index contributed by atoms with van der Waals surface area (Å²) in [4.78, 5) is 19.5. The predicted octanol–water partition coefficient (Wildman–Crippen LogP) is 2.23. The average Bonchev–Trinajstić information content (AvgIpc) is 3.32. The van der Waals surface area contributed by atoms with Crippen molar-refractivity contribution < 1.29 is 0 Å². The predicted molar refractivity (Wildman–Crippen MR) is 89.5 cm³/mol. The molecule has 1 aliphatic carbocycles. The third-order valence-corrected chi connectivity index (χ3v) is 4.03. The maximum absolute atomic E-state index is 4.49. The van der Waals surface area contributed by atoms with Gasteiger partial charge >= 0.3 is 0 Å². The minimum Gasteiger partial charge on any atom is -0.364 e. The van der Waals surface area contributed by atoms with E-state index < -0.39 is 0 Å². The maximum Gasteiger partial charge on any atom is 0.165 e. The van der Waals surface area contributed by atoms with E-state index in [1.165, 1.54) is 12.8 Å². The van der Waals surface area contributed by atoms with Gasteiger partial charge in [-0.15, -0.1) is 0 Å². The van der Waals surface area contributed by atoms with Crippen molar-refractivity contribution in [3.05, 3.63) is 36.5 Å². The van der Waals surface area contributed by atoms with E-state index in [0.717, 1.165) is 28.4 Å². The van der Waals surface area contributed by atoms with Crippen molar-refractivity contribution in [2.24, 2.45) is 0 Å². The van der Waals surface area contributed by atoms with E-state index in [0.29, 0.717) is 12.6 Å². The molecular weight excluding hydrogens is 290 g/mol. The Morgan fingerprint density at radius 1 is 1.22 bits per heavy atom. The molecule has 0 aromatic carbocycles. The first-order valence-corrected chi connectivity index (χ1v) is 7.76. The summed E-state index contributed by atoms with van der Waals surface area (Å²) in [6.45, 7) is 0.672. The molecule has 0 amide bonds. The number of rotatable bonds is 5. The van der Waals surface area contributed by atoms with Crippen LogP contribution in [0.25, 0.3) is 11.2 Å². The van der Waals surface area contributed by atoms with E-state index in [1.54, 1.807) is 6.33 Å². The number of nitrogens with one attached hydrogen (secondary N) is 1. The lowest BCUT2D eigenvalue weighted by molar-refractivity contribution is 0.756. The molecule has 0 unspecified atom stereocenters. The number of pyridine rings is 1. The van der Waals surface area contributed by atoms with Gasteiger partial charge in [-0.1, -0.05) is 0 Å². The van der Waals surface area contributed by atoms with Gasteiger partial charge in [0.25, 0.3) is 0 Å². The molecule has 4 rings (SSSR count). The molecule has 3 heterocycles. The van der Waals surface area contributed by atoms with Gasteiger partial charge in [-0.3, -0.25) is 0 Å². The first kappa shape index (κ1) is 13.9. The van der Waals surface area contributed by atoms with Crippen LogP contribution in [0.2, 0.25) is 0 Å². The van der Waals surface area contributed by atoms with Crippen LogP contribution in [0.4, 0.5) is 11.6 Å². The van der Waals surface area contributed by atoms with Gasteiger partial charge in [0.15, 0.2) is 11.5 Å². The molecule has 0 spiro atoms. The highest BCUT2D eigenvalue weighted by Crippen LogP contribution is 2.37. The summed E-state index contributed by atoms with van der Waals surface area (Å²) in [7, 11) is 3.97. The largest absolute Gasteiger partial charge is 0.364 e. The lowest BCUT2D eigenvalue weighted by atomic mass is 10.2. The minimum atomic E-state index is 0.561.